The van der Waals surface area contributed by atoms with Gasteiger partial charge in [0.25, 0.3) is 5.56 Å². The van der Waals surface area contributed by atoms with Crippen LogP contribution in [0.1, 0.15) is 19.0 Å². The first-order valence-corrected chi connectivity index (χ1v) is 8.92. The van der Waals surface area contributed by atoms with Crippen molar-refractivity contribution in [2.45, 2.75) is 24.9 Å². The number of hydrogen-bond donors (Lipinski definition) is 2. The van der Waals surface area contributed by atoms with E-state index >= 15 is 0 Å². The van der Waals surface area contributed by atoms with Crippen LogP contribution < -0.4 is 10.9 Å². The van der Waals surface area contributed by atoms with Gasteiger partial charge in [-0.05, 0) is 41.1 Å². The van der Waals surface area contributed by atoms with Crippen molar-refractivity contribution in [3.8, 4) is 0 Å². The van der Waals surface area contributed by atoms with E-state index in [2.05, 4.69) is 37.9 Å². The number of halogens is 1. The normalized spacial score (nSPS) is 10.5. The molecule has 0 bridgehead atoms. The molecule has 5 nitrogen and oxygen atoms in total. The highest BCUT2D eigenvalue weighted by molar-refractivity contribution is 14.1. The molecule has 0 atom stereocenters. The van der Waals surface area contributed by atoms with Crippen molar-refractivity contribution in [3.05, 3.63) is 49.9 Å². The quantitative estimate of drug-likeness (QED) is 0.421. The second kappa shape index (κ2) is 8.33. The Bertz CT molecular complexity index is 718. The van der Waals surface area contributed by atoms with E-state index in [9.17, 15) is 9.59 Å². The van der Waals surface area contributed by atoms with Gasteiger partial charge in [-0.3, -0.25) is 9.59 Å². The van der Waals surface area contributed by atoms with Gasteiger partial charge in [0.2, 0.25) is 5.91 Å². The minimum atomic E-state index is -0.182. The van der Waals surface area contributed by atoms with E-state index in [-0.39, 0.29) is 17.2 Å². The number of aromatic amines is 1. The van der Waals surface area contributed by atoms with Gasteiger partial charge in [-0.25, -0.2) is 4.98 Å². The predicted octanol–water partition coefficient (Wildman–Crippen LogP) is 3.06. The average molecular weight is 429 g/mol. The summed E-state index contributed by atoms with van der Waals surface area (Å²) in [6.07, 6.45) is 1.68. The predicted molar refractivity (Wildman–Crippen MR) is 97.4 cm³/mol. The maximum absolute atomic E-state index is 12.0. The molecule has 2 rings (SSSR count). The molecule has 7 heteroatoms. The number of para-hydroxylation sites is 1. The van der Waals surface area contributed by atoms with Crippen molar-refractivity contribution in [2.75, 3.05) is 11.1 Å². The summed E-state index contributed by atoms with van der Waals surface area (Å²) < 4.78 is 0.981. The Hall–Kier alpha value is -1.35. The highest BCUT2D eigenvalue weighted by atomic mass is 127. The third kappa shape index (κ3) is 5.13. The van der Waals surface area contributed by atoms with Crippen LogP contribution in [0.4, 0.5) is 5.69 Å². The Labute approximate surface area is 146 Å². The molecule has 0 fully saturated rings. The lowest BCUT2D eigenvalue weighted by Gasteiger charge is -2.07. The molecular weight excluding hydrogens is 413 g/mol. The van der Waals surface area contributed by atoms with Crippen molar-refractivity contribution >= 4 is 45.9 Å². The molecule has 0 radical (unpaired) electrons. The molecule has 0 saturated heterocycles. The SMILES string of the molecule is CCCc1cc(=O)[nH]c(SCC(=O)Nc2ccccc2I)n1. The summed E-state index contributed by atoms with van der Waals surface area (Å²) >= 11 is 3.40. The van der Waals surface area contributed by atoms with Gasteiger partial charge in [0.05, 0.1) is 11.4 Å². The van der Waals surface area contributed by atoms with Gasteiger partial charge in [-0.15, -0.1) is 0 Å². The summed E-state index contributed by atoms with van der Waals surface area (Å²) in [4.78, 5) is 30.5. The van der Waals surface area contributed by atoms with Gasteiger partial charge in [0, 0.05) is 15.3 Å². The number of aryl methyl sites for hydroxylation is 1. The maximum Gasteiger partial charge on any atom is 0.251 e. The molecule has 1 aromatic heterocycles. The molecule has 1 heterocycles. The van der Waals surface area contributed by atoms with Crippen molar-refractivity contribution in [1.29, 1.82) is 0 Å². The Kier molecular flexibility index (Phi) is 6.44. The molecule has 2 N–H and O–H groups in total. The van der Waals surface area contributed by atoms with Crippen LogP contribution in [0.25, 0.3) is 0 Å². The smallest absolute Gasteiger partial charge is 0.251 e. The summed E-state index contributed by atoms with van der Waals surface area (Å²) in [7, 11) is 0. The molecule has 1 amide bonds. The van der Waals surface area contributed by atoms with E-state index in [1.807, 2.05) is 31.2 Å². The van der Waals surface area contributed by atoms with Gasteiger partial charge in [-0.2, -0.15) is 0 Å². The Morgan fingerprint density at radius 2 is 2.18 bits per heavy atom. The third-order valence-corrected chi connectivity index (χ3v) is 4.58. The zero-order chi connectivity index (χ0) is 15.9. The molecule has 0 spiro atoms. The van der Waals surface area contributed by atoms with Crippen LogP contribution in [0.15, 0.2) is 40.3 Å². The Morgan fingerprint density at radius 1 is 1.41 bits per heavy atom. The monoisotopic (exact) mass is 429 g/mol. The van der Waals surface area contributed by atoms with Gasteiger partial charge < -0.3 is 10.3 Å². The first kappa shape index (κ1) is 17.0. The molecule has 0 saturated carbocycles. The highest BCUT2D eigenvalue weighted by Crippen LogP contribution is 2.18. The van der Waals surface area contributed by atoms with Crippen LogP contribution in [-0.2, 0) is 11.2 Å². The molecule has 116 valence electrons. The molecule has 0 aliphatic carbocycles. The van der Waals surface area contributed by atoms with Crippen LogP contribution in [0.3, 0.4) is 0 Å². The number of benzene rings is 1. The lowest BCUT2D eigenvalue weighted by molar-refractivity contribution is -0.113. The number of H-pyrrole nitrogens is 1. The van der Waals surface area contributed by atoms with E-state index in [4.69, 9.17) is 0 Å². The fourth-order valence-corrected chi connectivity index (χ4v) is 3.04. The van der Waals surface area contributed by atoms with Gasteiger partial charge in [0.15, 0.2) is 5.16 Å². The summed E-state index contributed by atoms with van der Waals surface area (Å²) in [5.41, 5.74) is 1.36. The van der Waals surface area contributed by atoms with Crippen LogP contribution in [0, 0.1) is 3.57 Å². The summed E-state index contributed by atoms with van der Waals surface area (Å²) in [5.74, 6) is 0.0707. The molecule has 1 aromatic carbocycles. The zero-order valence-corrected chi connectivity index (χ0v) is 15.0. The summed E-state index contributed by atoms with van der Waals surface area (Å²) in [5, 5.41) is 3.33. The minimum absolute atomic E-state index is 0.127. The van der Waals surface area contributed by atoms with Crippen molar-refractivity contribution in [1.82, 2.24) is 9.97 Å². The van der Waals surface area contributed by atoms with Crippen molar-refractivity contribution in [2.24, 2.45) is 0 Å². The van der Waals surface area contributed by atoms with Crippen LogP contribution in [0.2, 0.25) is 0 Å². The molecule has 0 unspecified atom stereocenters. The number of anilines is 1. The largest absolute Gasteiger partial charge is 0.324 e. The third-order valence-electron chi connectivity index (χ3n) is 2.77. The number of carbonyl (C=O) groups excluding carboxylic acids is 1. The number of aromatic nitrogens is 2. The molecule has 0 aliphatic heterocycles. The second-order valence-corrected chi connectivity index (χ2v) is 6.73. The van der Waals surface area contributed by atoms with Crippen molar-refractivity contribution in [3.63, 3.8) is 0 Å². The molecule has 0 aliphatic rings. The number of nitrogens with one attached hydrogen (secondary N) is 2. The average Bonchev–Trinajstić information content (AvgIpc) is 2.47. The fourth-order valence-electron chi connectivity index (χ4n) is 1.82. The van der Waals surface area contributed by atoms with E-state index in [0.717, 1.165) is 27.8 Å². The molecule has 22 heavy (non-hydrogen) atoms. The number of hydrogen-bond acceptors (Lipinski definition) is 4. The van der Waals surface area contributed by atoms with Gasteiger partial charge in [0.1, 0.15) is 0 Å². The van der Waals surface area contributed by atoms with Crippen LogP contribution in [-0.4, -0.2) is 21.6 Å². The lowest BCUT2D eigenvalue weighted by atomic mass is 10.2. The van der Waals surface area contributed by atoms with E-state index in [0.29, 0.717) is 5.16 Å². The zero-order valence-electron chi connectivity index (χ0n) is 12.1. The Morgan fingerprint density at radius 3 is 2.91 bits per heavy atom. The standard InChI is InChI=1S/C15H16IN3O2S/c1-2-5-10-8-13(20)19-15(17-10)22-9-14(21)18-12-7-4-3-6-11(12)16/h3-4,6-8H,2,5,9H2,1H3,(H,18,21)(H,17,19,20). The van der Waals surface area contributed by atoms with Crippen LogP contribution in [0.5, 0.6) is 0 Å². The molecular formula is C15H16IN3O2S. The van der Waals surface area contributed by atoms with E-state index < -0.39 is 0 Å². The number of thioether (sulfide) groups is 1. The minimum Gasteiger partial charge on any atom is -0.324 e. The van der Waals surface area contributed by atoms with Crippen molar-refractivity contribution < 1.29 is 4.79 Å². The number of amides is 1. The second-order valence-electron chi connectivity index (χ2n) is 4.61. The number of rotatable bonds is 6. The van der Waals surface area contributed by atoms with Gasteiger partial charge in [-0.1, -0.05) is 37.2 Å². The fraction of sp³-hybridized carbons (Fsp3) is 0.267. The lowest BCUT2D eigenvalue weighted by Crippen LogP contribution is -2.16. The van der Waals surface area contributed by atoms with E-state index in [1.165, 1.54) is 17.8 Å². The first-order valence-electron chi connectivity index (χ1n) is 6.86. The number of carbonyl (C=O) groups is 1. The first-order chi connectivity index (χ1) is 10.6. The topological polar surface area (TPSA) is 74.8 Å². The summed E-state index contributed by atoms with van der Waals surface area (Å²) in [6, 6.07) is 9.07. The van der Waals surface area contributed by atoms with Gasteiger partial charge >= 0.3 is 0 Å². The molecule has 2 aromatic rings. The van der Waals surface area contributed by atoms with Crippen LogP contribution >= 0.6 is 34.4 Å². The number of nitrogens with zero attached hydrogens (tertiary/aromatic N) is 1. The highest BCUT2D eigenvalue weighted by Gasteiger charge is 2.08. The maximum atomic E-state index is 12.0. The van der Waals surface area contributed by atoms with E-state index in [1.54, 1.807) is 0 Å². The summed E-state index contributed by atoms with van der Waals surface area (Å²) in [6.45, 7) is 2.03. The Balaban J connectivity index is 1.96.